The van der Waals surface area contributed by atoms with Crippen molar-refractivity contribution >= 4 is 11.8 Å². The van der Waals surface area contributed by atoms with Crippen LogP contribution in [0.1, 0.15) is 51.4 Å². The second kappa shape index (κ2) is 6.36. The Bertz CT molecular complexity index is 281. The molecule has 0 radical (unpaired) electrons. The lowest BCUT2D eigenvalue weighted by Gasteiger charge is -2.43. The summed E-state index contributed by atoms with van der Waals surface area (Å²) in [5.41, 5.74) is 0.281. The van der Waals surface area contributed by atoms with Crippen molar-refractivity contribution < 1.29 is 4.74 Å². The van der Waals surface area contributed by atoms with Crippen LogP contribution in [-0.2, 0) is 4.74 Å². The van der Waals surface area contributed by atoms with E-state index in [1.165, 1.54) is 62.9 Å². The maximum Gasteiger partial charge on any atom is 0.0700 e. The Morgan fingerprint density at radius 2 is 2.05 bits per heavy atom. The monoisotopic (exact) mass is 283 g/mol. The average Bonchev–Trinajstić information content (AvgIpc) is 3.25. The van der Waals surface area contributed by atoms with E-state index >= 15 is 0 Å². The van der Waals surface area contributed by atoms with E-state index in [1.807, 2.05) is 0 Å². The molecule has 3 rings (SSSR count). The summed E-state index contributed by atoms with van der Waals surface area (Å²) in [6.45, 7) is 1.02. The van der Waals surface area contributed by atoms with Gasteiger partial charge in [-0.1, -0.05) is 0 Å². The molecule has 1 saturated carbocycles. The highest BCUT2D eigenvalue weighted by Crippen LogP contribution is 2.42. The Hall–Kier alpha value is 0.270. The van der Waals surface area contributed by atoms with Gasteiger partial charge in [0, 0.05) is 12.6 Å². The molecule has 2 unspecified atom stereocenters. The molecule has 0 aromatic rings. The molecule has 2 aliphatic heterocycles. The van der Waals surface area contributed by atoms with Gasteiger partial charge in [0.05, 0.1) is 5.60 Å². The topological polar surface area (TPSA) is 21.3 Å². The lowest BCUT2D eigenvalue weighted by molar-refractivity contribution is -0.103. The SMILES string of the molecule is CNC(CCC1CCOC2(CCSCC2)C1)C1CC1. The third-order valence-electron chi connectivity index (χ3n) is 5.45. The number of nitrogens with one attached hydrogen (secondary N) is 1. The molecule has 3 heteroatoms. The molecule has 1 spiro atoms. The van der Waals surface area contributed by atoms with Crippen LogP contribution in [0.5, 0.6) is 0 Å². The number of hydrogen-bond donors (Lipinski definition) is 1. The van der Waals surface area contributed by atoms with E-state index in [0.29, 0.717) is 0 Å². The van der Waals surface area contributed by atoms with Crippen LogP contribution in [0.25, 0.3) is 0 Å². The van der Waals surface area contributed by atoms with E-state index in [2.05, 4.69) is 24.1 Å². The van der Waals surface area contributed by atoms with Gasteiger partial charge in [0.25, 0.3) is 0 Å². The van der Waals surface area contributed by atoms with Gasteiger partial charge in [-0.3, -0.25) is 0 Å². The molecular weight excluding hydrogens is 254 g/mol. The fraction of sp³-hybridized carbons (Fsp3) is 1.00. The van der Waals surface area contributed by atoms with Crippen molar-refractivity contribution in [1.82, 2.24) is 5.32 Å². The zero-order chi connectivity index (χ0) is 13.1. The van der Waals surface area contributed by atoms with Crippen molar-refractivity contribution in [2.45, 2.75) is 63.0 Å². The largest absolute Gasteiger partial charge is 0.375 e. The van der Waals surface area contributed by atoms with E-state index in [9.17, 15) is 0 Å². The summed E-state index contributed by atoms with van der Waals surface area (Å²) in [5.74, 6) is 4.54. The highest BCUT2D eigenvalue weighted by molar-refractivity contribution is 7.99. The highest BCUT2D eigenvalue weighted by Gasteiger charge is 2.39. The molecule has 2 heterocycles. The first-order valence-electron chi connectivity index (χ1n) is 8.20. The molecule has 3 aliphatic rings. The van der Waals surface area contributed by atoms with Gasteiger partial charge >= 0.3 is 0 Å². The minimum Gasteiger partial charge on any atom is -0.375 e. The van der Waals surface area contributed by atoms with Crippen LogP contribution in [0.2, 0.25) is 0 Å². The molecule has 0 aromatic heterocycles. The van der Waals surface area contributed by atoms with E-state index in [4.69, 9.17) is 4.74 Å². The van der Waals surface area contributed by atoms with Crippen LogP contribution < -0.4 is 5.32 Å². The smallest absolute Gasteiger partial charge is 0.0700 e. The fourth-order valence-corrected chi connectivity index (χ4v) is 5.23. The van der Waals surface area contributed by atoms with E-state index in [1.54, 1.807) is 0 Å². The molecule has 2 atom stereocenters. The molecular formula is C16H29NOS. The minimum absolute atomic E-state index is 0.281. The van der Waals surface area contributed by atoms with Crippen LogP contribution in [0.4, 0.5) is 0 Å². The van der Waals surface area contributed by atoms with Gasteiger partial charge in [-0.2, -0.15) is 11.8 Å². The molecule has 0 bridgehead atoms. The zero-order valence-corrected chi connectivity index (χ0v) is 13.1. The number of ether oxygens (including phenoxy) is 1. The summed E-state index contributed by atoms with van der Waals surface area (Å²) < 4.78 is 6.20. The van der Waals surface area contributed by atoms with Gasteiger partial charge in [0.15, 0.2) is 0 Å². The zero-order valence-electron chi connectivity index (χ0n) is 12.3. The Balaban J connectivity index is 1.47. The molecule has 110 valence electrons. The van der Waals surface area contributed by atoms with E-state index in [-0.39, 0.29) is 5.60 Å². The molecule has 1 N–H and O–H groups in total. The summed E-state index contributed by atoms with van der Waals surface area (Å²) in [6.07, 6.45) is 11.0. The lowest BCUT2D eigenvalue weighted by atomic mass is 9.79. The van der Waals surface area contributed by atoms with E-state index in [0.717, 1.165) is 24.5 Å². The first kappa shape index (κ1) is 14.2. The van der Waals surface area contributed by atoms with Gasteiger partial charge in [0.1, 0.15) is 0 Å². The normalized spacial score (nSPS) is 32.4. The second-order valence-corrected chi connectivity index (χ2v) is 8.04. The van der Waals surface area contributed by atoms with Crippen molar-refractivity contribution in [3.63, 3.8) is 0 Å². The van der Waals surface area contributed by atoms with Crippen LogP contribution in [-0.4, -0.2) is 36.8 Å². The predicted molar refractivity (Wildman–Crippen MR) is 82.8 cm³/mol. The molecule has 1 aliphatic carbocycles. The van der Waals surface area contributed by atoms with Crippen molar-refractivity contribution in [2.75, 3.05) is 25.2 Å². The molecule has 19 heavy (non-hydrogen) atoms. The average molecular weight is 283 g/mol. The Labute approximate surface area is 122 Å². The van der Waals surface area contributed by atoms with Crippen LogP contribution >= 0.6 is 11.8 Å². The maximum absolute atomic E-state index is 6.20. The maximum atomic E-state index is 6.20. The van der Waals surface area contributed by atoms with Crippen molar-refractivity contribution in [2.24, 2.45) is 11.8 Å². The first-order valence-corrected chi connectivity index (χ1v) is 9.36. The first-order chi connectivity index (χ1) is 9.31. The molecule has 2 saturated heterocycles. The predicted octanol–water partition coefficient (Wildman–Crippen LogP) is 3.46. The Kier molecular flexibility index (Phi) is 4.76. The molecule has 2 nitrogen and oxygen atoms in total. The van der Waals surface area contributed by atoms with Crippen molar-refractivity contribution in [3.05, 3.63) is 0 Å². The number of hydrogen-bond acceptors (Lipinski definition) is 3. The van der Waals surface area contributed by atoms with Crippen molar-refractivity contribution in [1.29, 1.82) is 0 Å². The standard InChI is InChI=1S/C16H29NOS/c1-17-15(14-3-4-14)5-2-13-6-9-18-16(12-13)7-10-19-11-8-16/h13-15,17H,2-12H2,1H3. The lowest BCUT2D eigenvalue weighted by Crippen LogP contribution is -2.43. The van der Waals surface area contributed by atoms with Gasteiger partial charge < -0.3 is 10.1 Å². The van der Waals surface area contributed by atoms with Crippen molar-refractivity contribution in [3.8, 4) is 0 Å². The fourth-order valence-electron chi connectivity index (χ4n) is 4.00. The number of rotatable bonds is 5. The van der Waals surface area contributed by atoms with Gasteiger partial charge in [0.2, 0.25) is 0 Å². The van der Waals surface area contributed by atoms with Crippen LogP contribution in [0, 0.1) is 11.8 Å². The third-order valence-corrected chi connectivity index (χ3v) is 6.43. The molecule has 0 amide bonds. The van der Waals surface area contributed by atoms with Gasteiger partial charge in [-0.05, 0) is 81.8 Å². The quantitative estimate of drug-likeness (QED) is 0.835. The second-order valence-electron chi connectivity index (χ2n) is 6.81. The summed E-state index contributed by atoms with van der Waals surface area (Å²) >= 11 is 2.11. The summed E-state index contributed by atoms with van der Waals surface area (Å²) in [5, 5.41) is 3.54. The minimum atomic E-state index is 0.281. The summed E-state index contributed by atoms with van der Waals surface area (Å²) in [6, 6.07) is 0.792. The summed E-state index contributed by atoms with van der Waals surface area (Å²) in [4.78, 5) is 0. The van der Waals surface area contributed by atoms with Crippen LogP contribution in [0.15, 0.2) is 0 Å². The third kappa shape index (κ3) is 3.68. The number of thioether (sulfide) groups is 1. The Morgan fingerprint density at radius 3 is 2.74 bits per heavy atom. The Morgan fingerprint density at radius 1 is 1.26 bits per heavy atom. The highest BCUT2D eigenvalue weighted by atomic mass is 32.2. The molecule has 3 fully saturated rings. The summed E-state index contributed by atoms with van der Waals surface area (Å²) in [7, 11) is 2.15. The molecule has 0 aromatic carbocycles. The van der Waals surface area contributed by atoms with Crippen LogP contribution in [0.3, 0.4) is 0 Å². The van der Waals surface area contributed by atoms with Gasteiger partial charge in [-0.15, -0.1) is 0 Å². The van der Waals surface area contributed by atoms with E-state index < -0.39 is 0 Å². The van der Waals surface area contributed by atoms with Gasteiger partial charge in [-0.25, -0.2) is 0 Å².